The highest BCUT2D eigenvalue weighted by molar-refractivity contribution is 5.76. The van der Waals surface area contributed by atoms with Gasteiger partial charge in [0.25, 0.3) is 0 Å². The summed E-state index contributed by atoms with van der Waals surface area (Å²) in [6, 6.07) is 8.34. The summed E-state index contributed by atoms with van der Waals surface area (Å²) < 4.78 is 5.80. The van der Waals surface area contributed by atoms with Crippen LogP contribution >= 0.6 is 0 Å². The number of hydrogen-bond acceptors (Lipinski definition) is 2. The molecule has 18 heavy (non-hydrogen) atoms. The fraction of sp³-hybridized carbons (Fsp3) is 0.562. The van der Waals surface area contributed by atoms with Crippen molar-refractivity contribution < 1.29 is 9.53 Å². The second-order valence-corrected chi connectivity index (χ2v) is 6.20. The largest absolute Gasteiger partial charge is 0.458 e. The first-order valence-corrected chi connectivity index (χ1v) is 6.66. The smallest absolute Gasteiger partial charge is 0.312 e. The summed E-state index contributed by atoms with van der Waals surface area (Å²) in [4.78, 5) is 12.2. The average molecular weight is 246 g/mol. The normalized spacial score (nSPS) is 17.3. The van der Waals surface area contributed by atoms with E-state index in [1.54, 1.807) is 0 Å². The average Bonchev–Trinajstić information content (AvgIpc) is 2.64. The second-order valence-electron chi connectivity index (χ2n) is 6.20. The van der Waals surface area contributed by atoms with E-state index in [1.165, 1.54) is 11.1 Å². The molecule has 98 valence electrons. The minimum Gasteiger partial charge on any atom is -0.458 e. The van der Waals surface area contributed by atoms with E-state index in [2.05, 4.69) is 12.1 Å². The number of rotatable bonds is 3. The van der Waals surface area contributed by atoms with Crippen molar-refractivity contribution in [3.63, 3.8) is 0 Å². The number of ether oxygens (including phenoxy) is 1. The van der Waals surface area contributed by atoms with Crippen molar-refractivity contribution in [2.45, 2.75) is 52.6 Å². The Balaban J connectivity index is 2.11. The first kappa shape index (κ1) is 13.1. The Bertz CT molecular complexity index is 435. The Morgan fingerprint density at radius 1 is 1.28 bits per heavy atom. The van der Waals surface area contributed by atoms with Gasteiger partial charge in [0, 0.05) is 12.8 Å². The molecular formula is C16H22O2. The van der Waals surface area contributed by atoms with Gasteiger partial charge in [0.1, 0.15) is 5.60 Å². The molecule has 1 aliphatic carbocycles. The van der Waals surface area contributed by atoms with Gasteiger partial charge in [0.05, 0.1) is 5.41 Å². The number of carbonyl (C=O) groups excluding carboxylic acids is 1. The molecule has 0 aromatic heterocycles. The summed E-state index contributed by atoms with van der Waals surface area (Å²) >= 11 is 0. The van der Waals surface area contributed by atoms with Crippen LogP contribution in [0.1, 0.15) is 45.2 Å². The molecule has 1 aromatic rings. The fourth-order valence-electron chi connectivity index (χ4n) is 2.35. The van der Waals surface area contributed by atoms with Gasteiger partial charge in [0.15, 0.2) is 0 Å². The molecule has 0 heterocycles. The maximum atomic E-state index is 12.2. The molecule has 0 N–H and O–H groups in total. The number of benzene rings is 1. The molecule has 2 heteroatoms. The number of esters is 1. The van der Waals surface area contributed by atoms with Crippen molar-refractivity contribution in [1.29, 1.82) is 0 Å². The zero-order valence-corrected chi connectivity index (χ0v) is 11.7. The van der Waals surface area contributed by atoms with Gasteiger partial charge in [-0.25, -0.2) is 0 Å². The van der Waals surface area contributed by atoms with Gasteiger partial charge in [0.2, 0.25) is 0 Å². The van der Waals surface area contributed by atoms with Crippen LogP contribution in [0.15, 0.2) is 24.3 Å². The molecule has 2 nitrogen and oxygen atoms in total. The van der Waals surface area contributed by atoms with Crippen LogP contribution in [-0.2, 0) is 22.4 Å². The van der Waals surface area contributed by atoms with E-state index in [-0.39, 0.29) is 11.6 Å². The molecule has 0 fully saturated rings. The lowest BCUT2D eigenvalue weighted by atomic mass is 9.90. The summed E-state index contributed by atoms with van der Waals surface area (Å²) in [6.45, 7) is 7.95. The maximum absolute atomic E-state index is 12.2. The van der Waals surface area contributed by atoms with Crippen LogP contribution in [0.2, 0.25) is 0 Å². The third kappa shape index (κ3) is 2.43. The highest BCUT2D eigenvalue weighted by atomic mass is 16.6. The Hall–Kier alpha value is -1.31. The van der Waals surface area contributed by atoms with Crippen molar-refractivity contribution in [3.05, 3.63) is 35.4 Å². The van der Waals surface area contributed by atoms with Gasteiger partial charge < -0.3 is 4.74 Å². The van der Waals surface area contributed by atoms with Gasteiger partial charge >= 0.3 is 5.97 Å². The van der Waals surface area contributed by atoms with Gasteiger partial charge in [-0.2, -0.15) is 0 Å². The number of hydrogen-bond donors (Lipinski definition) is 0. The summed E-state index contributed by atoms with van der Waals surface area (Å²) in [7, 11) is 0. The minimum atomic E-state index is -0.391. The van der Waals surface area contributed by atoms with E-state index in [1.807, 2.05) is 39.8 Å². The molecule has 0 amide bonds. The lowest BCUT2D eigenvalue weighted by molar-refractivity contribution is -0.168. The van der Waals surface area contributed by atoms with Gasteiger partial charge in [-0.1, -0.05) is 31.2 Å². The van der Waals surface area contributed by atoms with Crippen molar-refractivity contribution in [2.75, 3.05) is 0 Å². The molecule has 1 aromatic carbocycles. The van der Waals surface area contributed by atoms with Crippen molar-refractivity contribution in [3.8, 4) is 0 Å². The lowest BCUT2D eigenvalue weighted by Gasteiger charge is -2.30. The van der Waals surface area contributed by atoms with E-state index >= 15 is 0 Å². The standard InChI is InChI=1S/C16H22O2/c1-5-15(2,3)14(17)18-16(4)10-12-8-6-7-9-13(12)11-16/h6-9H,5,10-11H2,1-4H3. The van der Waals surface area contributed by atoms with Crippen LogP contribution < -0.4 is 0 Å². The molecule has 0 spiro atoms. The molecule has 0 unspecified atom stereocenters. The van der Waals surface area contributed by atoms with Crippen molar-refractivity contribution in [1.82, 2.24) is 0 Å². The zero-order chi connectivity index (χ0) is 13.4. The van der Waals surface area contributed by atoms with Crippen LogP contribution in [0.5, 0.6) is 0 Å². The molecule has 0 saturated carbocycles. The number of carbonyl (C=O) groups is 1. The topological polar surface area (TPSA) is 26.3 Å². The van der Waals surface area contributed by atoms with Crippen LogP contribution in [0.25, 0.3) is 0 Å². The highest BCUT2D eigenvalue weighted by Gasteiger charge is 2.39. The van der Waals surface area contributed by atoms with Crippen LogP contribution in [-0.4, -0.2) is 11.6 Å². The van der Waals surface area contributed by atoms with E-state index < -0.39 is 5.41 Å². The quantitative estimate of drug-likeness (QED) is 0.763. The Labute approximate surface area is 109 Å². The maximum Gasteiger partial charge on any atom is 0.312 e. The zero-order valence-electron chi connectivity index (χ0n) is 11.7. The molecule has 0 atom stereocenters. The predicted molar refractivity (Wildman–Crippen MR) is 72.4 cm³/mol. The first-order chi connectivity index (χ1) is 8.36. The SMILES string of the molecule is CCC(C)(C)C(=O)OC1(C)Cc2ccccc2C1. The van der Waals surface area contributed by atoms with E-state index in [9.17, 15) is 4.79 Å². The van der Waals surface area contributed by atoms with Crippen LogP contribution in [0.4, 0.5) is 0 Å². The minimum absolute atomic E-state index is 0.0830. The molecule has 1 aliphatic rings. The third-order valence-corrected chi connectivity index (χ3v) is 4.02. The fourth-order valence-corrected chi connectivity index (χ4v) is 2.35. The molecule has 0 saturated heterocycles. The second kappa shape index (κ2) is 4.42. The Morgan fingerprint density at radius 2 is 1.78 bits per heavy atom. The third-order valence-electron chi connectivity index (χ3n) is 4.02. The number of fused-ring (bicyclic) bond motifs is 1. The molecule has 0 radical (unpaired) electrons. The van der Waals surface area contributed by atoms with Gasteiger partial charge in [-0.15, -0.1) is 0 Å². The van der Waals surface area contributed by atoms with Gasteiger partial charge in [-0.3, -0.25) is 4.79 Å². The molecule has 0 aliphatic heterocycles. The Kier molecular flexibility index (Phi) is 3.22. The lowest BCUT2D eigenvalue weighted by Crippen LogP contribution is -2.38. The van der Waals surface area contributed by atoms with E-state index in [4.69, 9.17) is 4.74 Å². The summed E-state index contributed by atoms with van der Waals surface area (Å²) in [5.41, 5.74) is 1.86. The monoisotopic (exact) mass is 246 g/mol. The molecular weight excluding hydrogens is 224 g/mol. The summed E-state index contributed by atoms with van der Waals surface area (Å²) in [5.74, 6) is -0.0830. The van der Waals surface area contributed by atoms with Crippen molar-refractivity contribution in [2.24, 2.45) is 5.41 Å². The summed E-state index contributed by atoms with van der Waals surface area (Å²) in [6.07, 6.45) is 2.46. The van der Waals surface area contributed by atoms with Crippen molar-refractivity contribution >= 4 is 5.97 Å². The molecule has 0 bridgehead atoms. The van der Waals surface area contributed by atoms with E-state index in [0.29, 0.717) is 0 Å². The van der Waals surface area contributed by atoms with Crippen LogP contribution in [0.3, 0.4) is 0 Å². The highest BCUT2D eigenvalue weighted by Crippen LogP contribution is 2.35. The predicted octanol–water partition coefficient (Wildman–Crippen LogP) is 3.52. The van der Waals surface area contributed by atoms with Crippen LogP contribution in [0, 0.1) is 5.41 Å². The van der Waals surface area contributed by atoms with Gasteiger partial charge in [-0.05, 0) is 38.3 Å². The first-order valence-electron chi connectivity index (χ1n) is 6.66. The molecule has 2 rings (SSSR count). The Morgan fingerprint density at radius 3 is 2.22 bits per heavy atom. The van der Waals surface area contributed by atoms with E-state index in [0.717, 1.165) is 19.3 Å². The summed E-state index contributed by atoms with van der Waals surface area (Å²) in [5, 5.41) is 0.